The number of benzene rings is 2. The zero-order valence-corrected chi connectivity index (χ0v) is 19.8. The summed E-state index contributed by atoms with van der Waals surface area (Å²) in [5.74, 6) is -2.16. The van der Waals surface area contributed by atoms with Gasteiger partial charge in [0.1, 0.15) is 42.2 Å². The third-order valence-electron chi connectivity index (χ3n) is 6.08. The molecule has 0 saturated carbocycles. The van der Waals surface area contributed by atoms with Crippen LogP contribution < -0.4 is 0 Å². The van der Waals surface area contributed by atoms with Crippen molar-refractivity contribution >= 4 is 34.6 Å². The van der Waals surface area contributed by atoms with Crippen LogP contribution in [0.2, 0.25) is 5.15 Å². The van der Waals surface area contributed by atoms with E-state index in [1.165, 1.54) is 17.1 Å². The number of halogens is 2. The maximum Gasteiger partial charge on any atom is 0.338 e. The van der Waals surface area contributed by atoms with Crippen LogP contribution in [0.15, 0.2) is 73.2 Å². The zero-order valence-electron chi connectivity index (χ0n) is 19.1. The van der Waals surface area contributed by atoms with Crippen LogP contribution in [0.1, 0.15) is 33.9 Å². The third kappa shape index (κ3) is 4.55. The molecular weight excluding hydrogens is 489 g/mol. The fraction of sp³-hybridized carbons (Fsp3) is 0.231. The summed E-state index contributed by atoms with van der Waals surface area (Å²) in [7, 11) is 0. The van der Waals surface area contributed by atoms with Gasteiger partial charge in [0.15, 0.2) is 5.82 Å². The van der Waals surface area contributed by atoms with Gasteiger partial charge in [0.05, 0.1) is 16.5 Å². The van der Waals surface area contributed by atoms with Crippen LogP contribution in [0.3, 0.4) is 0 Å². The van der Waals surface area contributed by atoms with Crippen LogP contribution in [0.5, 0.6) is 0 Å². The number of esters is 2. The highest BCUT2D eigenvalue weighted by Gasteiger charge is 2.47. The Hall–Kier alpha value is -3.82. The van der Waals surface area contributed by atoms with Gasteiger partial charge in [-0.25, -0.2) is 23.9 Å². The number of ether oxygens (including phenoxy) is 3. The van der Waals surface area contributed by atoms with Crippen molar-refractivity contribution in [3.05, 3.63) is 95.3 Å². The molecule has 1 saturated heterocycles. The maximum atomic E-state index is 14.7. The summed E-state index contributed by atoms with van der Waals surface area (Å²) >= 11 is 6.08. The monoisotopic (exact) mass is 509 g/mol. The van der Waals surface area contributed by atoms with Gasteiger partial charge >= 0.3 is 11.9 Å². The molecule has 0 radical (unpaired) electrons. The highest BCUT2D eigenvalue weighted by atomic mass is 35.5. The molecule has 2 aromatic heterocycles. The van der Waals surface area contributed by atoms with Gasteiger partial charge in [-0.3, -0.25) is 0 Å². The van der Waals surface area contributed by atoms with Crippen molar-refractivity contribution in [2.75, 3.05) is 6.61 Å². The third-order valence-corrected chi connectivity index (χ3v) is 6.37. The van der Waals surface area contributed by atoms with Gasteiger partial charge in [-0.2, -0.15) is 0 Å². The molecule has 3 heterocycles. The van der Waals surface area contributed by atoms with Crippen LogP contribution in [0.4, 0.5) is 4.39 Å². The number of rotatable bonds is 6. The van der Waals surface area contributed by atoms with E-state index in [0.717, 1.165) is 0 Å². The molecule has 0 bridgehead atoms. The maximum absolute atomic E-state index is 14.7. The Bertz CT molecular complexity index is 1400. The van der Waals surface area contributed by atoms with Crippen molar-refractivity contribution in [3.8, 4) is 0 Å². The minimum absolute atomic E-state index is 0.0257. The van der Waals surface area contributed by atoms with Gasteiger partial charge in [0, 0.05) is 12.1 Å². The highest BCUT2D eigenvalue weighted by Crippen LogP contribution is 2.40. The molecule has 36 heavy (non-hydrogen) atoms. The Kier molecular flexibility index (Phi) is 6.67. The summed E-state index contributed by atoms with van der Waals surface area (Å²) in [4.78, 5) is 33.4. The Balaban J connectivity index is 1.43. The lowest BCUT2D eigenvalue weighted by atomic mass is 10.0. The average Bonchev–Trinajstić information content (AvgIpc) is 3.40. The number of fused-ring (bicyclic) bond motifs is 1. The highest BCUT2D eigenvalue weighted by molar-refractivity contribution is 6.34. The first kappa shape index (κ1) is 23.9. The predicted octanol–water partition coefficient (Wildman–Crippen LogP) is 4.84. The van der Waals surface area contributed by atoms with Crippen molar-refractivity contribution in [2.45, 2.75) is 25.4 Å². The molecule has 5 rings (SSSR count). The van der Waals surface area contributed by atoms with E-state index >= 15 is 0 Å². The van der Waals surface area contributed by atoms with E-state index in [2.05, 4.69) is 9.97 Å². The van der Waals surface area contributed by atoms with E-state index < -0.39 is 42.1 Å². The largest absolute Gasteiger partial charge is 0.459 e. The standard InChI is InChI=1S/C26H21ClFN3O5/c1-15-21(36-26(33)17-10-6-3-7-11-17)19(13-34-25(32)16-8-4-2-5-9-16)35-24(15)31-12-18(28)20-22(27)29-14-30-23(20)31/h2-12,14-15,19,21,24H,13H2,1H3/t15-,19+,21-,24+/m0/s1. The Morgan fingerprint density at radius 1 is 1.03 bits per heavy atom. The first-order valence-electron chi connectivity index (χ1n) is 11.2. The molecule has 4 aromatic rings. The molecule has 8 nitrogen and oxygen atoms in total. The van der Waals surface area contributed by atoms with E-state index in [-0.39, 0.29) is 22.8 Å². The molecule has 4 atom stereocenters. The molecule has 1 fully saturated rings. The molecule has 1 aliphatic rings. The minimum atomic E-state index is -0.817. The van der Waals surface area contributed by atoms with Crippen LogP contribution in [0.25, 0.3) is 11.0 Å². The Morgan fingerprint density at radius 3 is 2.33 bits per heavy atom. The number of carbonyl (C=O) groups is 2. The van der Waals surface area contributed by atoms with E-state index in [1.807, 2.05) is 0 Å². The summed E-state index contributed by atoms with van der Waals surface area (Å²) in [6.45, 7) is 1.62. The number of carbonyl (C=O) groups excluding carboxylic acids is 2. The van der Waals surface area contributed by atoms with Gasteiger partial charge < -0.3 is 18.8 Å². The van der Waals surface area contributed by atoms with E-state index in [9.17, 15) is 14.0 Å². The normalized spacial score (nSPS) is 21.4. The van der Waals surface area contributed by atoms with E-state index in [0.29, 0.717) is 11.1 Å². The number of nitrogens with zero attached hydrogens (tertiary/aromatic N) is 3. The summed E-state index contributed by atoms with van der Waals surface area (Å²) in [6, 6.07) is 17.0. The lowest BCUT2D eigenvalue weighted by molar-refractivity contribution is -0.0566. The van der Waals surface area contributed by atoms with Crippen LogP contribution in [-0.4, -0.2) is 45.3 Å². The molecule has 0 spiro atoms. The number of hydrogen-bond donors (Lipinski definition) is 0. The molecule has 2 aromatic carbocycles. The molecule has 184 valence electrons. The van der Waals surface area contributed by atoms with Gasteiger partial charge in [0.2, 0.25) is 0 Å². The van der Waals surface area contributed by atoms with Crippen molar-refractivity contribution in [1.29, 1.82) is 0 Å². The molecule has 0 N–H and O–H groups in total. The summed E-state index contributed by atoms with van der Waals surface area (Å²) in [5, 5.41) is 0.0362. The Labute approximate surface area is 210 Å². The van der Waals surface area contributed by atoms with Crippen LogP contribution in [0, 0.1) is 11.7 Å². The predicted molar refractivity (Wildman–Crippen MR) is 128 cm³/mol. The summed E-state index contributed by atoms with van der Waals surface area (Å²) in [5.41, 5.74) is 0.979. The van der Waals surface area contributed by atoms with Crippen LogP contribution in [-0.2, 0) is 14.2 Å². The smallest absolute Gasteiger partial charge is 0.338 e. The molecular formula is C26H21ClFN3O5. The molecule has 0 aliphatic carbocycles. The minimum Gasteiger partial charge on any atom is -0.459 e. The fourth-order valence-corrected chi connectivity index (χ4v) is 4.52. The molecule has 0 amide bonds. The van der Waals surface area contributed by atoms with Gasteiger partial charge in [-0.15, -0.1) is 0 Å². The quantitative estimate of drug-likeness (QED) is 0.271. The van der Waals surface area contributed by atoms with E-state index in [1.54, 1.807) is 67.6 Å². The second-order valence-electron chi connectivity index (χ2n) is 8.37. The van der Waals surface area contributed by atoms with Gasteiger partial charge in [-0.05, 0) is 24.3 Å². The fourth-order valence-electron chi connectivity index (χ4n) is 4.30. The molecule has 0 unspecified atom stereocenters. The van der Waals surface area contributed by atoms with Gasteiger partial charge in [0.25, 0.3) is 0 Å². The number of hydrogen-bond acceptors (Lipinski definition) is 7. The first-order chi connectivity index (χ1) is 17.4. The van der Waals surface area contributed by atoms with Crippen molar-refractivity contribution in [3.63, 3.8) is 0 Å². The lowest BCUT2D eigenvalue weighted by Gasteiger charge is -2.21. The topological polar surface area (TPSA) is 92.5 Å². The second kappa shape index (κ2) is 10.0. The number of aromatic nitrogens is 3. The second-order valence-corrected chi connectivity index (χ2v) is 8.73. The average molecular weight is 510 g/mol. The van der Waals surface area contributed by atoms with Crippen LogP contribution >= 0.6 is 11.6 Å². The van der Waals surface area contributed by atoms with Gasteiger partial charge in [-0.1, -0.05) is 54.9 Å². The summed E-state index contributed by atoms with van der Waals surface area (Å²) < 4.78 is 33.7. The summed E-state index contributed by atoms with van der Waals surface area (Å²) in [6.07, 6.45) is 0.0526. The SMILES string of the molecule is C[C@H]1[C@H](OC(=O)c2ccccc2)[C@@H](COC(=O)c2ccccc2)O[C@H]1n1cc(F)c2c(Cl)ncnc21. The van der Waals surface area contributed by atoms with Crippen molar-refractivity contribution in [2.24, 2.45) is 5.92 Å². The Morgan fingerprint density at radius 2 is 1.67 bits per heavy atom. The first-order valence-corrected chi connectivity index (χ1v) is 11.6. The van der Waals surface area contributed by atoms with Crippen molar-refractivity contribution in [1.82, 2.24) is 14.5 Å². The zero-order chi connectivity index (χ0) is 25.2. The molecule has 10 heteroatoms. The van der Waals surface area contributed by atoms with Crippen molar-refractivity contribution < 1.29 is 28.2 Å². The molecule has 1 aliphatic heterocycles. The lowest BCUT2D eigenvalue weighted by Crippen LogP contribution is -2.35. The van der Waals surface area contributed by atoms with E-state index in [4.69, 9.17) is 25.8 Å².